The summed E-state index contributed by atoms with van der Waals surface area (Å²) in [6, 6.07) is 1.41. The molecule has 0 saturated heterocycles. The van der Waals surface area contributed by atoms with Crippen molar-refractivity contribution >= 4 is 5.91 Å². The van der Waals surface area contributed by atoms with E-state index in [1.807, 2.05) is 6.92 Å². The van der Waals surface area contributed by atoms with E-state index < -0.39 is 23.4 Å². The third kappa shape index (κ3) is 2.83. The molecule has 1 N–H and O–H groups in total. The Morgan fingerprint density at radius 1 is 1.33 bits per heavy atom. The van der Waals surface area contributed by atoms with Gasteiger partial charge >= 0.3 is 0 Å². The number of carbonyl (C=O) groups excluding carboxylic acids is 1. The van der Waals surface area contributed by atoms with Crippen LogP contribution in [0.15, 0.2) is 12.1 Å². The molecule has 2 rings (SSSR count). The maximum atomic E-state index is 12.9. The Labute approximate surface area is 103 Å². The van der Waals surface area contributed by atoms with E-state index in [4.69, 9.17) is 0 Å². The van der Waals surface area contributed by atoms with Gasteiger partial charge in [0.25, 0.3) is 5.91 Å². The lowest BCUT2D eigenvalue weighted by atomic mass is 10.1. The second-order valence-corrected chi connectivity index (χ2v) is 4.78. The van der Waals surface area contributed by atoms with Crippen LogP contribution in [0.25, 0.3) is 0 Å². The summed E-state index contributed by atoms with van der Waals surface area (Å²) in [5.74, 6) is -3.86. The van der Waals surface area contributed by atoms with Gasteiger partial charge in [0.15, 0.2) is 17.5 Å². The van der Waals surface area contributed by atoms with Crippen LogP contribution in [0.2, 0.25) is 0 Å². The summed E-state index contributed by atoms with van der Waals surface area (Å²) in [5.41, 5.74) is -0.200. The molecule has 1 aromatic carbocycles. The van der Waals surface area contributed by atoms with E-state index in [-0.39, 0.29) is 5.56 Å². The Hall–Kier alpha value is -1.52. The Morgan fingerprint density at radius 2 is 1.89 bits per heavy atom. The number of amides is 1. The molecule has 1 saturated carbocycles. The molecule has 1 atom stereocenters. The smallest absolute Gasteiger partial charge is 0.251 e. The lowest BCUT2D eigenvalue weighted by Gasteiger charge is -2.11. The number of benzene rings is 1. The zero-order valence-corrected chi connectivity index (χ0v) is 9.97. The molecule has 0 spiro atoms. The lowest BCUT2D eigenvalue weighted by Crippen LogP contribution is -2.29. The molecule has 0 aliphatic heterocycles. The van der Waals surface area contributed by atoms with E-state index in [0.29, 0.717) is 30.5 Å². The fraction of sp³-hybridized carbons (Fsp3) is 0.462. The molecular weight excluding hydrogens is 243 g/mol. The summed E-state index contributed by atoms with van der Waals surface area (Å²) in [6.45, 7) is 2.48. The van der Waals surface area contributed by atoms with E-state index in [2.05, 4.69) is 5.32 Å². The molecule has 0 radical (unpaired) electrons. The zero-order valence-electron chi connectivity index (χ0n) is 9.97. The molecule has 1 fully saturated rings. The second kappa shape index (κ2) is 5.00. The summed E-state index contributed by atoms with van der Waals surface area (Å²) in [5, 5.41) is 2.60. The van der Waals surface area contributed by atoms with E-state index >= 15 is 0 Å². The maximum Gasteiger partial charge on any atom is 0.251 e. The molecule has 0 bridgehead atoms. The summed E-state index contributed by atoms with van der Waals surface area (Å²) in [6.07, 6.45) is 2.33. The van der Waals surface area contributed by atoms with Gasteiger partial charge in [-0.15, -0.1) is 0 Å². The highest BCUT2D eigenvalue weighted by atomic mass is 19.2. The van der Waals surface area contributed by atoms with Gasteiger partial charge in [0.2, 0.25) is 0 Å². The highest BCUT2D eigenvalue weighted by molar-refractivity contribution is 5.94. The molecule has 1 aromatic rings. The van der Waals surface area contributed by atoms with Crippen LogP contribution in [0, 0.1) is 29.3 Å². The molecule has 1 aliphatic rings. The maximum absolute atomic E-state index is 12.9. The lowest BCUT2D eigenvalue weighted by molar-refractivity contribution is 0.0945. The van der Waals surface area contributed by atoms with Crippen molar-refractivity contribution in [2.75, 3.05) is 6.54 Å². The number of rotatable bonds is 4. The molecule has 2 nitrogen and oxygen atoms in total. The fourth-order valence-corrected chi connectivity index (χ4v) is 1.87. The van der Waals surface area contributed by atoms with Crippen LogP contribution in [0.4, 0.5) is 13.2 Å². The van der Waals surface area contributed by atoms with Crippen molar-refractivity contribution in [1.29, 1.82) is 0 Å². The Bertz CT molecular complexity index is 448. The largest absolute Gasteiger partial charge is 0.352 e. The highest BCUT2D eigenvalue weighted by Crippen LogP contribution is 2.36. The molecule has 0 heterocycles. The van der Waals surface area contributed by atoms with Crippen molar-refractivity contribution in [1.82, 2.24) is 5.32 Å². The van der Waals surface area contributed by atoms with Gasteiger partial charge in [-0.25, -0.2) is 13.2 Å². The van der Waals surface area contributed by atoms with E-state index in [9.17, 15) is 18.0 Å². The summed E-state index contributed by atoms with van der Waals surface area (Å²) < 4.78 is 38.6. The van der Waals surface area contributed by atoms with Gasteiger partial charge < -0.3 is 5.32 Å². The number of carbonyl (C=O) groups is 1. The van der Waals surface area contributed by atoms with Gasteiger partial charge in [-0.05, 0) is 36.8 Å². The van der Waals surface area contributed by atoms with Crippen molar-refractivity contribution in [2.24, 2.45) is 11.8 Å². The average molecular weight is 257 g/mol. The molecule has 18 heavy (non-hydrogen) atoms. The van der Waals surface area contributed by atoms with Crippen LogP contribution in [0.1, 0.15) is 30.1 Å². The first kappa shape index (κ1) is 12.9. The van der Waals surface area contributed by atoms with E-state index in [1.54, 1.807) is 0 Å². The first-order valence-electron chi connectivity index (χ1n) is 5.91. The summed E-state index contributed by atoms with van der Waals surface area (Å²) in [7, 11) is 0. The Balaban J connectivity index is 1.99. The molecule has 1 aliphatic carbocycles. The van der Waals surface area contributed by atoms with Crippen LogP contribution >= 0.6 is 0 Å². The number of halogens is 3. The third-order valence-corrected chi connectivity index (χ3v) is 3.26. The summed E-state index contributed by atoms with van der Waals surface area (Å²) in [4.78, 5) is 11.6. The van der Waals surface area contributed by atoms with Gasteiger partial charge in [0.05, 0.1) is 0 Å². The quantitative estimate of drug-likeness (QED) is 0.826. The highest BCUT2D eigenvalue weighted by Gasteiger charge is 2.28. The van der Waals surface area contributed by atoms with Gasteiger partial charge in [-0.1, -0.05) is 6.92 Å². The minimum absolute atomic E-state index is 0.200. The zero-order chi connectivity index (χ0) is 13.3. The van der Waals surface area contributed by atoms with Crippen LogP contribution in [-0.2, 0) is 0 Å². The predicted octanol–water partition coefficient (Wildman–Crippen LogP) is 2.88. The molecule has 1 amide bonds. The molecular formula is C13H14F3NO. The minimum atomic E-state index is -1.56. The average Bonchev–Trinajstić information content (AvgIpc) is 3.16. The van der Waals surface area contributed by atoms with Crippen molar-refractivity contribution in [3.63, 3.8) is 0 Å². The van der Waals surface area contributed by atoms with Crippen LogP contribution in [0.3, 0.4) is 0 Å². The molecule has 0 aromatic heterocycles. The van der Waals surface area contributed by atoms with Gasteiger partial charge in [0, 0.05) is 12.1 Å². The second-order valence-electron chi connectivity index (χ2n) is 4.78. The Kier molecular flexibility index (Phi) is 3.59. The first-order valence-corrected chi connectivity index (χ1v) is 5.91. The first-order chi connectivity index (χ1) is 8.49. The van der Waals surface area contributed by atoms with Crippen LogP contribution in [0.5, 0.6) is 0 Å². The molecule has 5 heteroatoms. The van der Waals surface area contributed by atoms with Gasteiger partial charge in [0.1, 0.15) is 0 Å². The fourth-order valence-electron chi connectivity index (χ4n) is 1.87. The van der Waals surface area contributed by atoms with Crippen molar-refractivity contribution in [2.45, 2.75) is 19.8 Å². The summed E-state index contributed by atoms with van der Waals surface area (Å²) >= 11 is 0. The van der Waals surface area contributed by atoms with Gasteiger partial charge in [-0.3, -0.25) is 4.79 Å². The van der Waals surface area contributed by atoms with E-state index in [1.165, 1.54) is 0 Å². The molecule has 98 valence electrons. The molecule has 1 unspecified atom stereocenters. The number of nitrogens with one attached hydrogen (secondary N) is 1. The normalized spacial score (nSPS) is 16.4. The van der Waals surface area contributed by atoms with E-state index in [0.717, 1.165) is 12.8 Å². The number of hydrogen-bond acceptors (Lipinski definition) is 1. The third-order valence-electron chi connectivity index (χ3n) is 3.26. The Morgan fingerprint density at radius 3 is 2.39 bits per heavy atom. The van der Waals surface area contributed by atoms with Crippen LogP contribution in [-0.4, -0.2) is 12.5 Å². The van der Waals surface area contributed by atoms with Crippen molar-refractivity contribution in [3.05, 3.63) is 35.1 Å². The minimum Gasteiger partial charge on any atom is -0.352 e. The number of hydrogen-bond donors (Lipinski definition) is 1. The van der Waals surface area contributed by atoms with Crippen LogP contribution < -0.4 is 5.32 Å². The standard InChI is InChI=1S/C13H14F3NO/c1-7(8-2-3-8)6-17-13(18)9-4-10(14)12(16)11(15)5-9/h4-5,7-8H,2-3,6H2,1H3,(H,17,18). The van der Waals surface area contributed by atoms with Crippen molar-refractivity contribution < 1.29 is 18.0 Å². The van der Waals surface area contributed by atoms with Crippen molar-refractivity contribution in [3.8, 4) is 0 Å². The topological polar surface area (TPSA) is 29.1 Å². The SMILES string of the molecule is CC(CNC(=O)c1cc(F)c(F)c(F)c1)C1CC1. The monoisotopic (exact) mass is 257 g/mol. The van der Waals surface area contributed by atoms with Gasteiger partial charge in [-0.2, -0.15) is 0 Å². The predicted molar refractivity (Wildman–Crippen MR) is 60.5 cm³/mol.